The summed E-state index contributed by atoms with van der Waals surface area (Å²) in [6, 6.07) is 0. The highest BCUT2D eigenvalue weighted by Crippen LogP contribution is 2.53. The summed E-state index contributed by atoms with van der Waals surface area (Å²) in [7, 11) is -1.32. The van der Waals surface area contributed by atoms with Crippen LogP contribution in [0.15, 0.2) is 11.2 Å². The van der Waals surface area contributed by atoms with E-state index in [1.54, 1.807) is 0 Å². The molecule has 1 aliphatic heterocycles. The lowest BCUT2D eigenvalue weighted by Gasteiger charge is -2.58. The third-order valence-corrected chi connectivity index (χ3v) is 12.0. The second kappa shape index (κ2) is 11.7. The monoisotopic (exact) mass is 431 g/mol. The predicted molar refractivity (Wildman–Crippen MR) is 139 cm³/mol. The molecule has 0 aromatic heterocycles. The van der Waals surface area contributed by atoms with E-state index in [4.69, 9.17) is 4.74 Å². The zero-order valence-electron chi connectivity index (χ0n) is 21.0. The van der Waals surface area contributed by atoms with Crippen LogP contribution in [0.5, 0.6) is 0 Å². The first kappa shape index (κ1) is 24.6. The molecule has 1 unspecified atom stereocenters. The van der Waals surface area contributed by atoms with Crippen LogP contribution < -0.4 is 0 Å². The molecule has 1 atom stereocenters. The van der Waals surface area contributed by atoms with Crippen molar-refractivity contribution in [3.8, 4) is 0 Å². The van der Waals surface area contributed by atoms with Gasteiger partial charge in [0.15, 0.2) is 0 Å². The maximum absolute atomic E-state index is 5.97. The molecule has 0 spiro atoms. The van der Waals surface area contributed by atoms with Crippen LogP contribution in [0.25, 0.3) is 0 Å². The molecule has 2 saturated carbocycles. The van der Waals surface area contributed by atoms with Crippen molar-refractivity contribution in [1.29, 1.82) is 0 Å². The standard InChI is InChI=1S/C27H52BOSi/c1-28(24-16-8-5-9-17-24,25-18-10-6-11-19-25)27(30(2,3)4)22-13-7-12-20-26-21-14-15-23-29-26/h22,24-26H,5-21,23H2,1-4H3/q-1/b27-22-. The molecule has 0 N–H and O–H groups in total. The highest BCUT2D eigenvalue weighted by Gasteiger charge is 2.41. The van der Waals surface area contributed by atoms with Gasteiger partial charge in [-0.15, -0.1) is 6.08 Å². The third kappa shape index (κ3) is 6.50. The largest absolute Gasteiger partial charge is 0.378 e. The van der Waals surface area contributed by atoms with Crippen LogP contribution >= 0.6 is 0 Å². The van der Waals surface area contributed by atoms with Gasteiger partial charge >= 0.3 is 0 Å². The van der Waals surface area contributed by atoms with Gasteiger partial charge in [0.2, 0.25) is 0 Å². The molecule has 3 rings (SSSR count). The van der Waals surface area contributed by atoms with Gasteiger partial charge in [-0.2, -0.15) is 18.5 Å². The fourth-order valence-electron chi connectivity index (χ4n) is 7.85. The van der Waals surface area contributed by atoms with Crippen molar-refractivity contribution in [2.75, 3.05) is 6.61 Å². The fraction of sp³-hybridized carbons (Fsp3) is 0.926. The van der Waals surface area contributed by atoms with E-state index in [0.717, 1.165) is 18.2 Å². The number of hydrogen-bond donors (Lipinski definition) is 0. The minimum absolute atomic E-state index is 0.367. The summed E-state index contributed by atoms with van der Waals surface area (Å²) in [5.41, 5.74) is 0. The maximum Gasteiger partial charge on any atom is 0.0575 e. The van der Waals surface area contributed by atoms with Crippen LogP contribution in [0.1, 0.15) is 109 Å². The lowest BCUT2D eigenvalue weighted by molar-refractivity contribution is 0.00990. The third-order valence-electron chi connectivity index (χ3n) is 9.41. The molecule has 174 valence electrons. The summed E-state index contributed by atoms with van der Waals surface area (Å²) in [4.78, 5) is 0. The van der Waals surface area contributed by atoms with Gasteiger partial charge < -0.3 is 4.74 Å². The molecule has 0 radical (unpaired) electrons. The number of rotatable bonds is 9. The Morgan fingerprint density at radius 2 is 1.37 bits per heavy atom. The summed E-state index contributed by atoms with van der Waals surface area (Å²) in [5.74, 6) is 2.02. The first-order valence-corrected chi connectivity index (χ1v) is 17.5. The SMILES string of the molecule is C[B-](/C(=C/CCCCC1CCCCO1)[Si](C)(C)C)(C1CCCCC1)C1CCCCC1. The average Bonchev–Trinajstić information content (AvgIpc) is 2.77. The molecule has 3 fully saturated rings. The van der Waals surface area contributed by atoms with Gasteiger partial charge in [0.25, 0.3) is 0 Å². The molecule has 0 bridgehead atoms. The van der Waals surface area contributed by atoms with Crippen molar-refractivity contribution < 1.29 is 4.74 Å². The van der Waals surface area contributed by atoms with Crippen molar-refractivity contribution in [3.63, 3.8) is 0 Å². The molecule has 0 aromatic rings. The van der Waals surface area contributed by atoms with E-state index >= 15 is 0 Å². The van der Waals surface area contributed by atoms with Crippen molar-refractivity contribution in [2.24, 2.45) is 0 Å². The summed E-state index contributed by atoms with van der Waals surface area (Å²) >= 11 is 0. The molecule has 30 heavy (non-hydrogen) atoms. The maximum atomic E-state index is 5.97. The average molecular weight is 432 g/mol. The Balaban J connectivity index is 1.70. The normalized spacial score (nSPS) is 26.1. The van der Waals surface area contributed by atoms with Crippen LogP contribution in [0.3, 0.4) is 0 Å². The minimum atomic E-state index is -1.32. The number of allylic oxidation sites excluding steroid dienone is 1. The van der Waals surface area contributed by atoms with E-state index in [0.29, 0.717) is 6.10 Å². The van der Waals surface area contributed by atoms with E-state index in [9.17, 15) is 0 Å². The van der Waals surface area contributed by atoms with Gasteiger partial charge in [0, 0.05) is 20.8 Å². The Hall–Kier alpha value is -0.0182. The molecule has 2 aliphatic carbocycles. The number of hydrogen-bond acceptors (Lipinski definition) is 1. The molecule has 1 nitrogen and oxygen atoms in total. The van der Waals surface area contributed by atoms with Gasteiger partial charge in [0.1, 0.15) is 0 Å². The van der Waals surface area contributed by atoms with Crippen LogP contribution in [0.4, 0.5) is 0 Å². The number of ether oxygens (including phenoxy) is 1. The second-order valence-corrected chi connectivity index (χ2v) is 17.5. The lowest BCUT2D eigenvalue weighted by atomic mass is 9.12. The lowest BCUT2D eigenvalue weighted by Crippen LogP contribution is -2.52. The highest BCUT2D eigenvalue weighted by molar-refractivity contribution is 7.06. The molecule has 1 heterocycles. The second-order valence-electron chi connectivity index (χ2n) is 12.5. The Bertz CT molecular complexity index is 501. The Kier molecular flexibility index (Phi) is 9.63. The quantitative estimate of drug-likeness (QED) is 0.261. The molecule has 0 aromatic carbocycles. The van der Waals surface area contributed by atoms with Crippen LogP contribution in [-0.2, 0) is 4.74 Å². The Labute approximate surface area is 190 Å². The molecule has 3 heteroatoms. The predicted octanol–water partition coefficient (Wildman–Crippen LogP) is 9.21. The van der Waals surface area contributed by atoms with E-state index in [2.05, 4.69) is 32.5 Å². The summed E-state index contributed by atoms with van der Waals surface area (Å²) in [5, 5.41) is 2.02. The highest BCUT2D eigenvalue weighted by atomic mass is 28.3. The zero-order chi connectivity index (χ0) is 21.5. The van der Waals surface area contributed by atoms with Gasteiger partial charge in [-0.1, -0.05) is 90.3 Å². The van der Waals surface area contributed by atoms with Crippen molar-refractivity contribution >= 4 is 14.2 Å². The summed E-state index contributed by atoms with van der Waals surface area (Å²) < 4.78 is 5.97. The van der Waals surface area contributed by atoms with Gasteiger partial charge in [-0.3, -0.25) is 0 Å². The van der Waals surface area contributed by atoms with Crippen LogP contribution in [-0.4, -0.2) is 26.9 Å². The number of unbranched alkanes of at least 4 members (excludes halogenated alkanes) is 2. The van der Waals surface area contributed by atoms with Crippen molar-refractivity contribution in [1.82, 2.24) is 0 Å². The van der Waals surface area contributed by atoms with E-state index in [1.807, 2.05) is 5.10 Å². The summed E-state index contributed by atoms with van der Waals surface area (Å²) in [6.07, 6.45) is 27.4. The van der Waals surface area contributed by atoms with Crippen molar-refractivity contribution in [2.45, 2.75) is 153 Å². The van der Waals surface area contributed by atoms with Gasteiger partial charge in [0.05, 0.1) is 6.10 Å². The van der Waals surface area contributed by atoms with Gasteiger partial charge in [-0.25, -0.2) is 5.10 Å². The topological polar surface area (TPSA) is 9.23 Å². The van der Waals surface area contributed by atoms with Crippen LogP contribution in [0, 0.1) is 0 Å². The van der Waals surface area contributed by atoms with E-state index in [1.165, 1.54) is 109 Å². The fourth-order valence-corrected chi connectivity index (χ4v) is 10.9. The smallest absolute Gasteiger partial charge is 0.0575 e. The Morgan fingerprint density at radius 1 is 0.800 bits per heavy atom. The van der Waals surface area contributed by atoms with Crippen molar-refractivity contribution in [3.05, 3.63) is 11.2 Å². The molecular weight excluding hydrogens is 379 g/mol. The molecule has 0 amide bonds. The first-order valence-electron chi connectivity index (χ1n) is 14.0. The molecule has 3 aliphatic rings. The zero-order valence-corrected chi connectivity index (χ0v) is 22.0. The van der Waals surface area contributed by atoms with Gasteiger partial charge in [-0.05, 0) is 38.5 Å². The molecule has 1 saturated heterocycles. The van der Waals surface area contributed by atoms with E-state index < -0.39 is 8.07 Å². The van der Waals surface area contributed by atoms with Crippen LogP contribution in [0.2, 0.25) is 38.1 Å². The van der Waals surface area contributed by atoms with E-state index in [-0.39, 0.29) is 6.15 Å². The summed E-state index contributed by atoms with van der Waals surface area (Å²) in [6.45, 7) is 11.8. The first-order chi connectivity index (χ1) is 14.4. The molecular formula is C27H52BOSi-. The Morgan fingerprint density at radius 3 is 1.87 bits per heavy atom. The minimum Gasteiger partial charge on any atom is -0.378 e.